The largest absolute Gasteiger partial charge is 0.409 e. The molecule has 0 amide bonds. The number of aliphatic imine (C=N–C) groups is 1. The minimum Gasteiger partial charge on any atom is -0.409 e. The van der Waals surface area contributed by atoms with Crippen molar-refractivity contribution in [3.8, 4) is 0 Å². The summed E-state index contributed by atoms with van der Waals surface area (Å²) < 4.78 is 4.39. The lowest BCUT2D eigenvalue weighted by molar-refractivity contribution is 0.305. The normalized spacial score (nSPS) is 12.6. The Morgan fingerprint density at radius 1 is 1.21 bits per heavy atom. The Morgan fingerprint density at radius 2 is 1.95 bits per heavy atom. The molecule has 0 atom stereocenters. The average Bonchev–Trinajstić information content (AvgIpc) is 2.82. The summed E-state index contributed by atoms with van der Waals surface area (Å²) in [5.74, 6) is -0.238. The highest BCUT2D eigenvalue weighted by Gasteiger charge is 2.15. The maximum atomic E-state index is 8.92. The molecule has 2 aromatic rings. The van der Waals surface area contributed by atoms with E-state index in [9.17, 15) is 0 Å². The quantitative estimate of drug-likeness (QED) is 0.191. The van der Waals surface area contributed by atoms with Crippen LogP contribution in [0.2, 0.25) is 0 Å². The Labute approximate surface area is 107 Å². The Hall–Kier alpha value is -3.10. The first-order valence-electron chi connectivity index (χ1n) is 5.13. The molecule has 19 heavy (non-hydrogen) atoms. The number of anilines is 2. The second-order valence-electron chi connectivity index (χ2n) is 3.51. The minimum absolute atomic E-state index is 0.0139. The van der Waals surface area contributed by atoms with E-state index in [1.807, 2.05) is 0 Å². The molecule has 2 rings (SSSR count). The second-order valence-corrected chi connectivity index (χ2v) is 3.51. The summed E-state index contributed by atoms with van der Waals surface area (Å²) in [6.07, 6.45) is 0. The zero-order chi connectivity index (χ0) is 13.8. The van der Waals surface area contributed by atoms with E-state index in [1.165, 1.54) is 0 Å². The lowest BCUT2D eigenvalue weighted by Gasteiger charge is -2.04. The van der Waals surface area contributed by atoms with Gasteiger partial charge in [-0.25, -0.2) is 9.62 Å². The molecule has 0 aliphatic heterocycles. The highest BCUT2D eigenvalue weighted by Crippen LogP contribution is 2.12. The number of aromatic nitrogens is 2. The summed E-state index contributed by atoms with van der Waals surface area (Å²) in [4.78, 5) is 3.90. The van der Waals surface area contributed by atoms with Gasteiger partial charge in [0.05, 0.1) is 0 Å². The predicted molar refractivity (Wildman–Crippen MR) is 68.6 cm³/mol. The fourth-order valence-corrected chi connectivity index (χ4v) is 1.38. The van der Waals surface area contributed by atoms with Crippen LogP contribution in [0.5, 0.6) is 0 Å². The molecule has 0 fully saturated rings. The smallest absolute Gasteiger partial charge is 0.226 e. The van der Waals surface area contributed by atoms with Crippen molar-refractivity contribution in [2.24, 2.45) is 15.9 Å². The van der Waals surface area contributed by atoms with Gasteiger partial charge in [0, 0.05) is 11.3 Å². The standard InChI is InChI=1S/C10H11N7O2/c11-6-4-2-1-3-5(6)8(12)14-10(15-18)7-9(13)17-19-16-7/h1-4,18H,11H2,(H2,13,17)(H2,12,14,15). The average molecular weight is 261 g/mol. The first kappa shape index (κ1) is 12.4. The van der Waals surface area contributed by atoms with Gasteiger partial charge in [0.25, 0.3) is 0 Å². The molecule has 9 nitrogen and oxygen atoms in total. The molecule has 0 aliphatic rings. The lowest BCUT2D eigenvalue weighted by atomic mass is 10.1. The molecule has 0 radical (unpaired) electrons. The first-order valence-corrected chi connectivity index (χ1v) is 5.13. The van der Waals surface area contributed by atoms with Crippen LogP contribution < -0.4 is 17.2 Å². The van der Waals surface area contributed by atoms with Gasteiger partial charge < -0.3 is 22.4 Å². The van der Waals surface area contributed by atoms with Gasteiger partial charge in [-0.3, -0.25) is 0 Å². The number of para-hydroxylation sites is 1. The number of rotatable bonds is 2. The summed E-state index contributed by atoms with van der Waals surface area (Å²) in [5, 5.41) is 18.7. The number of benzene rings is 1. The van der Waals surface area contributed by atoms with Crippen LogP contribution in [-0.4, -0.2) is 27.2 Å². The van der Waals surface area contributed by atoms with Crippen molar-refractivity contribution in [2.75, 3.05) is 11.5 Å². The summed E-state index contributed by atoms with van der Waals surface area (Å²) in [7, 11) is 0. The number of nitrogen functional groups attached to an aromatic ring is 2. The van der Waals surface area contributed by atoms with Crippen molar-refractivity contribution in [2.45, 2.75) is 0 Å². The highest BCUT2D eigenvalue weighted by molar-refractivity contribution is 6.12. The molecule has 1 aromatic carbocycles. The van der Waals surface area contributed by atoms with Gasteiger partial charge in [-0.05, 0) is 22.4 Å². The van der Waals surface area contributed by atoms with Crippen LogP contribution in [0.3, 0.4) is 0 Å². The molecule has 7 N–H and O–H groups in total. The van der Waals surface area contributed by atoms with Crippen molar-refractivity contribution in [3.05, 3.63) is 35.5 Å². The number of amidine groups is 2. The van der Waals surface area contributed by atoms with Gasteiger partial charge >= 0.3 is 0 Å². The van der Waals surface area contributed by atoms with Crippen molar-refractivity contribution in [3.63, 3.8) is 0 Å². The van der Waals surface area contributed by atoms with Gasteiger partial charge in [-0.2, -0.15) is 0 Å². The van der Waals surface area contributed by atoms with E-state index in [4.69, 9.17) is 22.4 Å². The zero-order valence-electron chi connectivity index (χ0n) is 9.69. The van der Waals surface area contributed by atoms with Crippen LogP contribution in [0, 0.1) is 0 Å². The Morgan fingerprint density at radius 3 is 2.53 bits per heavy atom. The molecule has 0 unspecified atom stereocenters. The topological polar surface area (TPSA) is 162 Å². The molecular formula is C10H11N7O2. The van der Waals surface area contributed by atoms with E-state index in [0.717, 1.165) is 0 Å². The molecule has 0 spiro atoms. The number of oxime groups is 1. The Kier molecular flexibility index (Phi) is 3.28. The second kappa shape index (κ2) is 5.04. The molecule has 1 heterocycles. The van der Waals surface area contributed by atoms with Crippen LogP contribution in [-0.2, 0) is 0 Å². The van der Waals surface area contributed by atoms with Crippen LogP contribution in [0.25, 0.3) is 0 Å². The Balaban J connectivity index is 2.40. The summed E-state index contributed by atoms with van der Waals surface area (Å²) >= 11 is 0. The van der Waals surface area contributed by atoms with Gasteiger partial charge in [0.1, 0.15) is 5.84 Å². The fraction of sp³-hybridized carbons (Fsp3) is 0. The number of nitrogens with zero attached hydrogens (tertiary/aromatic N) is 4. The van der Waals surface area contributed by atoms with E-state index in [-0.39, 0.29) is 23.2 Å². The molecule has 9 heteroatoms. The lowest BCUT2D eigenvalue weighted by Crippen LogP contribution is -2.18. The number of nitrogens with two attached hydrogens (primary N) is 3. The molecule has 1 aromatic heterocycles. The zero-order valence-corrected chi connectivity index (χ0v) is 9.69. The molecule has 0 bridgehead atoms. The SMILES string of the molecule is NC(=NC(=NO)c1nonc1N)c1ccccc1N. The summed E-state index contributed by atoms with van der Waals surface area (Å²) in [6.45, 7) is 0. The van der Waals surface area contributed by atoms with E-state index < -0.39 is 0 Å². The third-order valence-electron chi connectivity index (χ3n) is 2.28. The number of hydrogen-bond acceptors (Lipinski definition) is 7. The molecule has 0 saturated heterocycles. The van der Waals surface area contributed by atoms with Crippen molar-refractivity contribution in [1.82, 2.24) is 10.3 Å². The maximum Gasteiger partial charge on any atom is 0.226 e. The van der Waals surface area contributed by atoms with Crippen LogP contribution in [0.1, 0.15) is 11.3 Å². The van der Waals surface area contributed by atoms with Crippen molar-refractivity contribution in [1.29, 1.82) is 0 Å². The van der Waals surface area contributed by atoms with Gasteiger partial charge in [-0.15, -0.1) is 0 Å². The van der Waals surface area contributed by atoms with E-state index in [0.29, 0.717) is 11.3 Å². The predicted octanol–water partition coefficient (Wildman–Crippen LogP) is -0.225. The van der Waals surface area contributed by atoms with E-state index >= 15 is 0 Å². The fourth-order valence-electron chi connectivity index (χ4n) is 1.38. The van der Waals surface area contributed by atoms with Crippen molar-refractivity contribution < 1.29 is 9.84 Å². The third-order valence-corrected chi connectivity index (χ3v) is 2.28. The summed E-state index contributed by atoms with van der Waals surface area (Å²) in [6, 6.07) is 6.84. The van der Waals surface area contributed by atoms with Crippen molar-refractivity contribution >= 4 is 23.2 Å². The van der Waals surface area contributed by atoms with Gasteiger partial charge in [0.2, 0.25) is 5.84 Å². The third kappa shape index (κ3) is 2.44. The Bertz CT molecular complexity index is 647. The first-order chi connectivity index (χ1) is 9.13. The van der Waals surface area contributed by atoms with Crippen LogP contribution in [0.15, 0.2) is 39.0 Å². The maximum absolute atomic E-state index is 8.92. The van der Waals surface area contributed by atoms with Crippen LogP contribution in [0.4, 0.5) is 11.5 Å². The molecule has 0 aliphatic carbocycles. The van der Waals surface area contributed by atoms with Crippen LogP contribution >= 0.6 is 0 Å². The summed E-state index contributed by atoms with van der Waals surface area (Å²) in [5.41, 5.74) is 17.9. The minimum atomic E-state index is -0.223. The van der Waals surface area contributed by atoms with Gasteiger partial charge in [-0.1, -0.05) is 17.3 Å². The molecule has 0 saturated carbocycles. The monoisotopic (exact) mass is 261 g/mol. The van der Waals surface area contributed by atoms with Gasteiger partial charge in [0.15, 0.2) is 11.5 Å². The van der Waals surface area contributed by atoms with E-state index in [2.05, 4.69) is 25.1 Å². The van der Waals surface area contributed by atoms with E-state index in [1.54, 1.807) is 24.3 Å². The number of hydrogen-bond donors (Lipinski definition) is 4. The molecule has 98 valence electrons. The highest BCUT2D eigenvalue weighted by atomic mass is 16.6. The molecular weight excluding hydrogens is 250 g/mol.